The maximum absolute atomic E-state index is 12.9. The van der Waals surface area contributed by atoms with Crippen molar-refractivity contribution < 1.29 is 29.1 Å². The molecule has 10 N–H and O–H groups in total. The molecule has 0 saturated heterocycles. The van der Waals surface area contributed by atoms with Crippen LogP contribution in [0.4, 0.5) is 0 Å². The number of rotatable bonds is 17. The monoisotopic (exact) mass is 490 g/mol. The molecule has 13 heteroatoms. The zero-order valence-corrected chi connectivity index (χ0v) is 20.1. The van der Waals surface area contributed by atoms with Crippen molar-refractivity contribution in [3.63, 3.8) is 0 Å². The fourth-order valence-corrected chi connectivity index (χ4v) is 3.13. The van der Waals surface area contributed by atoms with E-state index in [1.165, 1.54) is 0 Å². The lowest BCUT2D eigenvalue weighted by molar-refractivity contribution is -0.142. The largest absolute Gasteiger partial charge is 0.480 e. The van der Waals surface area contributed by atoms with E-state index in [0.29, 0.717) is 25.8 Å². The first-order valence-electron chi connectivity index (χ1n) is 11.0. The molecule has 0 aromatic rings. The highest BCUT2D eigenvalue weighted by molar-refractivity contribution is 7.80. The topological polar surface area (TPSA) is 220 Å². The van der Waals surface area contributed by atoms with Crippen LogP contribution in [0.3, 0.4) is 0 Å². The first-order valence-corrected chi connectivity index (χ1v) is 11.6. The molecule has 33 heavy (non-hydrogen) atoms. The van der Waals surface area contributed by atoms with Crippen LogP contribution >= 0.6 is 12.6 Å². The van der Waals surface area contributed by atoms with E-state index in [1.54, 1.807) is 6.92 Å². The number of carboxylic acid groups (broad SMARTS) is 1. The highest BCUT2D eigenvalue weighted by Crippen LogP contribution is 2.10. The average Bonchev–Trinajstić information content (AvgIpc) is 2.76. The van der Waals surface area contributed by atoms with Crippen LogP contribution in [-0.4, -0.2) is 71.2 Å². The van der Waals surface area contributed by atoms with Crippen LogP contribution in [0.1, 0.15) is 52.4 Å². The van der Waals surface area contributed by atoms with Gasteiger partial charge in [-0.2, -0.15) is 12.6 Å². The van der Waals surface area contributed by atoms with Gasteiger partial charge in [-0.3, -0.25) is 19.2 Å². The molecule has 0 rings (SSSR count). The minimum absolute atomic E-state index is 0.125. The number of nitrogens with two attached hydrogens (primary N) is 3. The molecule has 0 aromatic heterocycles. The van der Waals surface area contributed by atoms with Gasteiger partial charge in [0.05, 0.1) is 6.04 Å². The van der Waals surface area contributed by atoms with Crippen LogP contribution in [0, 0.1) is 5.92 Å². The van der Waals surface area contributed by atoms with Crippen molar-refractivity contribution in [3.8, 4) is 0 Å². The molecule has 0 heterocycles. The smallest absolute Gasteiger partial charge is 0.326 e. The number of unbranched alkanes of at least 4 members (excludes halogenated alkanes) is 1. The molecule has 0 aliphatic carbocycles. The number of primary amides is 1. The summed E-state index contributed by atoms with van der Waals surface area (Å²) in [6.07, 6.45) is 1.95. The lowest BCUT2D eigenvalue weighted by atomic mass is 9.97. The van der Waals surface area contributed by atoms with Gasteiger partial charge in [0.15, 0.2) is 0 Å². The standard InChI is InChI=1S/C20H38N6O6S/c1-3-11(2)16(26-17(28)12(22)6-4-5-9-21)19(30)25-14(10-33)18(29)24-13(20(31)32)7-8-15(23)27/h11-14,16,33H,3-10,21-22H2,1-2H3,(H2,23,27)(H,24,29)(H,25,30)(H,26,28)(H,31,32). The fraction of sp³-hybridized carbons (Fsp3) is 0.750. The fourth-order valence-electron chi connectivity index (χ4n) is 2.87. The zero-order chi connectivity index (χ0) is 25.6. The summed E-state index contributed by atoms with van der Waals surface area (Å²) < 4.78 is 0. The molecule has 0 radical (unpaired) electrons. The first-order chi connectivity index (χ1) is 15.5. The van der Waals surface area contributed by atoms with Gasteiger partial charge in [0, 0.05) is 12.2 Å². The third kappa shape index (κ3) is 11.9. The second-order valence-electron chi connectivity index (χ2n) is 7.91. The summed E-state index contributed by atoms with van der Waals surface area (Å²) in [5, 5.41) is 16.7. The van der Waals surface area contributed by atoms with Crippen molar-refractivity contribution in [1.82, 2.24) is 16.0 Å². The quantitative estimate of drug-likeness (QED) is 0.0858. The van der Waals surface area contributed by atoms with Gasteiger partial charge in [0.2, 0.25) is 23.6 Å². The Labute approximate surface area is 199 Å². The minimum Gasteiger partial charge on any atom is -0.480 e. The van der Waals surface area contributed by atoms with Crippen LogP contribution in [0.2, 0.25) is 0 Å². The minimum atomic E-state index is -1.36. The molecule has 0 bridgehead atoms. The van der Waals surface area contributed by atoms with E-state index in [4.69, 9.17) is 17.2 Å². The maximum atomic E-state index is 12.9. The number of thiol groups is 1. The highest BCUT2D eigenvalue weighted by atomic mass is 32.1. The summed E-state index contributed by atoms with van der Waals surface area (Å²) >= 11 is 4.07. The molecule has 5 unspecified atom stereocenters. The summed E-state index contributed by atoms with van der Waals surface area (Å²) in [5.74, 6) is -4.34. The molecule has 0 aromatic carbocycles. The molecule has 0 spiro atoms. The van der Waals surface area contributed by atoms with Gasteiger partial charge in [-0.25, -0.2) is 4.79 Å². The van der Waals surface area contributed by atoms with Gasteiger partial charge in [0.25, 0.3) is 0 Å². The second-order valence-corrected chi connectivity index (χ2v) is 8.28. The molecule has 0 aliphatic rings. The Morgan fingerprint density at radius 1 is 0.939 bits per heavy atom. The van der Waals surface area contributed by atoms with E-state index >= 15 is 0 Å². The van der Waals surface area contributed by atoms with Gasteiger partial charge >= 0.3 is 5.97 Å². The third-order valence-corrected chi connectivity index (χ3v) is 5.57. The van der Waals surface area contributed by atoms with Crippen LogP contribution in [-0.2, 0) is 24.0 Å². The van der Waals surface area contributed by atoms with E-state index in [2.05, 4.69) is 28.6 Å². The van der Waals surface area contributed by atoms with Crippen molar-refractivity contribution in [2.24, 2.45) is 23.1 Å². The number of nitrogens with one attached hydrogen (secondary N) is 3. The molecule has 4 amide bonds. The number of carbonyl (C=O) groups excluding carboxylic acids is 4. The van der Waals surface area contributed by atoms with E-state index in [1.807, 2.05) is 6.92 Å². The summed E-state index contributed by atoms with van der Waals surface area (Å²) in [7, 11) is 0. The molecule has 0 aliphatic heterocycles. The van der Waals surface area contributed by atoms with Gasteiger partial charge in [-0.1, -0.05) is 26.7 Å². The maximum Gasteiger partial charge on any atom is 0.326 e. The number of carboxylic acids is 1. The van der Waals surface area contributed by atoms with Gasteiger partial charge < -0.3 is 38.3 Å². The number of hydrogen-bond acceptors (Lipinski definition) is 8. The lowest BCUT2D eigenvalue weighted by Gasteiger charge is -2.27. The molecule has 190 valence electrons. The third-order valence-electron chi connectivity index (χ3n) is 5.21. The van der Waals surface area contributed by atoms with Crippen LogP contribution < -0.4 is 33.2 Å². The van der Waals surface area contributed by atoms with Gasteiger partial charge in [0.1, 0.15) is 18.1 Å². The van der Waals surface area contributed by atoms with Crippen LogP contribution in [0.25, 0.3) is 0 Å². The van der Waals surface area contributed by atoms with E-state index in [-0.39, 0.29) is 24.5 Å². The molecule has 5 atom stereocenters. The van der Waals surface area contributed by atoms with Crippen LogP contribution in [0.5, 0.6) is 0 Å². The van der Waals surface area contributed by atoms with E-state index in [0.717, 1.165) is 6.42 Å². The summed E-state index contributed by atoms with van der Waals surface area (Å²) in [6, 6.07) is -4.29. The Balaban J connectivity index is 5.21. The summed E-state index contributed by atoms with van der Waals surface area (Å²) in [5.41, 5.74) is 16.4. The molecule has 0 saturated carbocycles. The van der Waals surface area contributed by atoms with Gasteiger partial charge in [-0.05, 0) is 31.7 Å². The SMILES string of the molecule is CCC(C)C(NC(=O)C(N)CCCCN)C(=O)NC(CS)C(=O)NC(CCC(N)=O)C(=O)O. The Kier molecular flexibility index (Phi) is 15.1. The summed E-state index contributed by atoms with van der Waals surface area (Å²) in [4.78, 5) is 60.2. The Hall–Kier alpha value is -2.38. The molecule has 0 fully saturated rings. The number of carbonyl (C=O) groups is 5. The van der Waals surface area contributed by atoms with Gasteiger partial charge in [-0.15, -0.1) is 0 Å². The van der Waals surface area contributed by atoms with Crippen molar-refractivity contribution >= 4 is 42.2 Å². The average molecular weight is 491 g/mol. The number of amides is 4. The Morgan fingerprint density at radius 3 is 2.03 bits per heavy atom. The Morgan fingerprint density at radius 2 is 1.55 bits per heavy atom. The number of hydrogen-bond donors (Lipinski definition) is 8. The lowest BCUT2D eigenvalue weighted by Crippen LogP contribution is -2.59. The zero-order valence-electron chi connectivity index (χ0n) is 19.2. The van der Waals surface area contributed by atoms with E-state index < -0.39 is 53.8 Å². The van der Waals surface area contributed by atoms with Crippen molar-refractivity contribution in [2.45, 2.75) is 76.5 Å². The van der Waals surface area contributed by atoms with Crippen LogP contribution in [0.15, 0.2) is 0 Å². The highest BCUT2D eigenvalue weighted by Gasteiger charge is 2.32. The normalized spacial score (nSPS) is 15.4. The first kappa shape index (κ1) is 30.6. The van der Waals surface area contributed by atoms with Crippen molar-refractivity contribution in [2.75, 3.05) is 12.3 Å². The Bertz CT molecular complexity index is 679. The second kappa shape index (κ2) is 16.3. The summed E-state index contributed by atoms with van der Waals surface area (Å²) in [6.45, 7) is 4.10. The van der Waals surface area contributed by atoms with Crippen molar-refractivity contribution in [1.29, 1.82) is 0 Å². The number of aliphatic carboxylic acids is 1. The van der Waals surface area contributed by atoms with Crippen molar-refractivity contribution in [3.05, 3.63) is 0 Å². The molecular weight excluding hydrogens is 452 g/mol. The molecule has 12 nitrogen and oxygen atoms in total. The predicted molar refractivity (Wildman–Crippen MR) is 126 cm³/mol. The molecular formula is C20H38N6O6S. The van der Waals surface area contributed by atoms with E-state index in [9.17, 15) is 29.1 Å². The predicted octanol–water partition coefficient (Wildman–Crippen LogP) is -1.78.